The van der Waals surface area contributed by atoms with Crippen molar-refractivity contribution < 1.29 is 9.84 Å². The Morgan fingerprint density at radius 2 is 2.33 bits per heavy atom. The van der Waals surface area contributed by atoms with Crippen LogP contribution in [0.2, 0.25) is 0 Å². The molecular formula is C14H28N2O2. The van der Waals surface area contributed by atoms with Gasteiger partial charge in [-0.15, -0.1) is 0 Å². The molecule has 3 unspecified atom stereocenters. The van der Waals surface area contributed by atoms with Gasteiger partial charge in [-0.3, -0.25) is 4.90 Å². The van der Waals surface area contributed by atoms with E-state index in [1.165, 1.54) is 12.8 Å². The summed E-state index contributed by atoms with van der Waals surface area (Å²) in [6.07, 6.45) is 4.55. The lowest BCUT2D eigenvalue weighted by Crippen LogP contribution is -2.41. The Morgan fingerprint density at radius 3 is 3.11 bits per heavy atom. The number of nitrogens with one attached hydrogen (secondary N) is 1. The third-order valence-corrected chi connectivity index (χ3v) is 4.10. The van der Waals surface area contributed by atoms with Crippen molar-refractivity contribution in [3.8, 4) is 0 Å². The Morgan fingerprint density at radius 1 is 1.44 bits per heavy atom. The highest BCUT2D eigenvalue weighted by Gasteiger charge is 2.34. The molecule has 0 bridgehead atoms. The molecule has 0 aromatic heterocycles. The van der Waals surface area contributed by atoms with Crippen molar-refractivity contribution in [1.29, 1.82) is 0 Å². The molecule has 2 heterocycles. The standard InChI is InChI=1S/C14H28N2O2/c1-2-3-7-18-11-13(17)9-16-8-12-5-4-6-15-14(12)10-16/h12-15,17H,2-11H2,1H3. The van der Waals surface area contributed by atoms with Crippen molar-refractivity contribution in [1.82, 2.24) is 10.2 Å². The van der Waals surface area contributed by atoms with Crippen molar-refractivity contribution in [2.75, 3.05) is 39.4 Å². The molecular weight excluding hydrogens is 228 g/mol. The highest BCUT2D eigenvalue weighted by molar-refractivity contribution is 4.92. The molecule has 2 saturated heterocycles. The number of hydrogen-bond acceptors (Lipinski definition) is 4. The van der Waals surface area contributed by atoms with Gasteiger partial charge in [0, 0.05) is 32.3 Å². The number of fused-ring (bicyclic) bond motifs is 1. The maximum Gasteiger partial charge on any atom is 0.0900 e. The van der Waals surface area contributed by atoms with Crippen LogP contribution >= 0.6 is 0 Å². The van der Waals surface area contributed by atoms with E-state index < -0.39 is 0 Å². The van der Waals surface area contributed by atoms with Gasteiger partial charge in [-0.25, -0.2) is 0 Å². The average molecular weight is 256 g/mol. The molecule has 18 heavy (non-hydrogen) atoms. The van der Waals surface area contributed by atoms with E-state index in [2.05, 4.69) is 17.1 Å². The van der Waals surface area contributed by atoms with Gasteiger partial charge in [0.05, 0.1) is 12.7 Å². The number of ether oxygens (including phenoxy) is 1. The predicted molar refractivity (Wildman–Crippen MR) is 72.7 cm³/mol. The van der Waals surface area contributed by atoms with E-state index in [4.69, 9.17) is 4.74 Å². The second-order valence-electron chi connectivity index (χ2n) is 5.76. The summed E-state index contributed by atoms with van der Waals surface area (Å²) < 4.78 is 5.47. The topological polar surface area (TPSA) is 44.7 Å². The molecule has 4 nitrogen and oxygen atoms in total. The van der Waals surface area contributed by atoms with Gasteiger partial charge in [0.15, 0.2) is 0 Å². The Balaban J connectivity index is 1.61. The largest absolute Gasteiger partial charge is 0.389 e. The summed E-state index contributed by atoms with van der Waals surface area (Å²) in [6.45, 7) is 7.58. The molecule has 3 atom stereocenters. The maximum atomic E-state index is 9.96. The van der Waals surface area contributed by atoms with E-state index >= 15 is 0 Å². The number of β-amino-alcohol motifs (C(OH)–C–C–N with tert-alkyl or cyclic N) is 1. The smallest absolute Gasteiger partial charge is 0.0900 e. The molecule has 2 N–H and O–H groups in total. The summed E-state index contributed by atoms with van der Waals surface area (Å²) in [5.74, 6) is 0.798. The number of rotatable bonds is 7. The number of nitrogens with zero attached hydrogens (tertiary/aromatic N) is 1. The molecule has 0 aromatic carbocycles. The molecule has 106 valence electrons. The second kappa shape index (κ2) is 7.43. The van der Waals surface area contributed by atoms with Crippen LogP contribution in [0.25, 0.3) is 0 Å². The van der Waals surface area contributed by atoms with Crippen molar-refractivity contribution >= 4 is 0 Å². The van der Waals surface area contributed by atoms with Crippen molar-refractivity contribution in [2.24, 2.45) is 5.92 Å². The summed E-state index contributed by atoms with van der Waals surface area (Å²) in [7, 11) is 0. The molecule has 4 heteroatoms. The third-order valence-electron chi connectivity index (χ3n) is 4.10. The first kappa shape index (κ1) is 14.3. The first-order valence-electron chi connectivity index (χ1n) is 7.51. The molecule has 0 radical (unpaired) electrons. The molecule has 0 aliphatic carbocycles. The highest BCUT2D eigenvalue weighted by Crippen LogP contribution is 2.24. The molecule has 0 saturated carbocycles. The first-order chi connectivity index (χ1) is 8.79. The van der Waals surface area contributed by atoms with E-state index in [9.17, 15) is 5.11 Å². The lowest BCUT2D eigenvalue weighted by Gasteiger charge is -2.24. The number of likely N-dealkylation sites (tertiary alicyclic amines) is 1. The van der Waals surface area contributed by atoms with Gasteiger partial charge in [0.1, 0.15) is 0 Å². The van der Waals surface area contributed by atoms with Gasteiger partial charge in [-0.05, 0) is 31.7 Å². The number of hydrogen-bond donors (Lipinski definition) is 2. The zero-order valence-corrected chi connectivity index (χ0v) is 11.6. The minimum atomic E-state index is -0.331. The molecule has 2 fully saturated rings. The Kier molecular flexibility index (Phi) is 5.89. The SMILES string of the molecule is CCCCOCC(O)CN1CC2CCCNC2C1. The Labute approximate surface area is 111 Å². The second-order valence-corrected chi connectivity index (χ2v) is 5.76. The Bertz CT molecular complexity index is 224. The van der Waals surface area contributed by atoms with Crippen LogP contribution < -0.4 is 5.32 Å². The fourth-order valence-electron chi connectivity index (χ4n) is 3.10. The van der Waals surface area contributed by atoms with Crippen LogP contribution in [0, 0.1) is 5.92 Å². The zero-order chi connectivity index (χ0) is 12.8. The van der Waals surface area contributed by atoms with E-state index in [1.54, 1.807) is 0 Å². The number of unbranched alkanes of at least 4 members (excludes halogenated alkanes) is 1. The molecule has 2 rings (SSSR count). The summed E-state index contributed by atoms with van der Waals surface area (Å²) in [4.78, 5) is 2.39. The first-order valence-corrected chi connectivity index (χ1v) is 7.51. The van der Waals surface area contributed by atoms with E-state index in [0.29, 0.717) is 12.6 Å². The van der Waals surface area contributed by atoms with Gasteiger partial charge < -0.3 is 15.2 Å². The molecule has 0 amide bonds. The van der Waals surface area contributed by atoms with Crippen LogP contribution in [-0.2, 0) is 4.74 Å². The summed E-state index contributed by atoms with van der Waals surface area (Å²) in [5.41, 5.74) is 0. The number of aliphatic hydroxyl groups is 1. The Hall–Kier alpha value is -0.160. The zero-order valence-electron chi connectivity index (χ0n) is 11.6. The predicted octanol–water partition coefficient (Wildman–Crippen LogP) is 0.848. The quantitative estimate of drug-likeness (QED) is 0.663. The van der Waals surface area contributed by atoms with Crippen LogP contribution in [0.4, 0.5) is 0 Å². The van der Waals surface area contributed by atoms with Crippen LogP contribution in [0.5, 0.6) is 0 Å². The summed E-state index contributed by atoms with van der Waals surface area (Å²) in [6, 6.07) is 0.659. The monoisotopic (exact) mass is 256 g/mol. The molecule has 2 aliphatic rings. The van der Waals surface area contributed by atoms with Gasteiger partial charge >= 0.3 is 0 Å². The van der Waals surface area contributed by atoms with Gasteiger partial charge in [0.25, 0.3) is 0 Å². The average Bonchev–Trinajstić information content (AvgIpc) is 2.76. The van der Waals surface area contributed by atoms with E-state index in [1.807, 2.05) is 0 Å². The fraction of sp³-hybridized carbons (Fsp3) is 1.00. The molecule has 0 spiro atoms. The van der Waals surface area contributed by atoms with Crippen molar-refractivity contribution in [3.05, 3.63) is 0 Å². The fourth-order valence-corrected chi connectivity index (χ4v) is 3.10. The van der Waals surface area contributed by atoms with Gasteiger partial charge in [-0.1, -0.05) is 13.3 Å². The van der Waals surface area contributed by atoms with Crippen LogP contribution in [0.1, 0.15) is 32.6 Å². The van der Waals surface area contributed by atoms with E-state index in [-0.39, 0.29) is 6.10 Å². The third kappa shape index (κ3) is 4.19. The summed E-state index contributed by atoms with van der Waals surface area (Å²) in [5, 5.41) is 13.5. The minimum Gasteiger partial charge on any atom is -0.389 e. The van der Waals surface area contributed by atoms with Gasteiger partial charge in [0.2, 0.25) is 0 Å². The normalized spacial score (nSPS) is 30.3. The lowest BCUT2D eigenvalue weighted by molar-refractivity contribution is 0.0189. The number of piperidine rings is 1. The van der Waals surface area contributed by atoms with Crippen LogP contribution in [0.15, 0.2) is 0 Å². The lowest BCUT2D eigenvalue weighted by atomic mass is 9.94. The minimum absolute atomic E-state index is 0.331. The van der Waals surface area contributed by atoms with Gasteiger partial charge in [-0.2, -0.15) is 0 Å². The number of aliphatic hydroxyl groups excluding tert-OH is 1. The van der Waals surface area contributed by atoms with Crippen molar-refractivity contribution in [3.63, 3.8) is 0 Å². The molecule has 2 aliphatic heterocycles. The maximum absolute atomic E-state index is 9.96. The molecule has 0 aromatic rings. The highest BCUT2D eigenvalue weighted by atomic mass is 16.5. The van der Waals surface area contributed by atoms with Crippen LogP contribution in [-0.4, -0.2) is 61.5 Å². The summed E-state index contributed by atoms with van der Waals surface area (Å²) >= 11 is 0. The van der Waals surface area contributed by atoms with E-state index in [0.717, 1.165) is 51.5 Å². The van der Waals surface area contributed by atoms with Crippen LogP contribution in [0.3, 0.4) is 0 Å². The van der Waals surface area contributed by atoms with Crippen molar-refractivity contribution in [2.45, 2.75) is 44.8 Å².